The van der Waals surface area contributed by atoms with Gasteiger partial charge in [0.1, 0.15) is 6.04 Å². The molecule has 0 unspecified atom stereocenters. The Labute approximate surface area is 161 Å². The smallest absolute Gasteiger partial charge is 0.245 e. The summed E-state index contributed by atoms with van der Waals surface area (Å²) < 4.78 is 11.5. The zero-order valence-electron chi connectivity index (χ0n) is 16.2. The summed E-state index contributed by atoms with van der Waals surface area (Å²) in [4.78, 5) is 30.3. The monoisotopic (exact) mass is 376 g/mol. The minimum absolute atomic E-state index is 0.0509. The molecule has 3 aliphatic heterocycles. The molecule has 3 atom stereocenters. The Morgan fingerprint density at radius 1 is 0.852 bits per heavy atom. The molecule has 0 spiro atoms. The zero-order chi connectivity index (χ0) is 18.4. The molecule has 5 fully saturated rings. The third kappa shape index (κ3) is 3.51. The molecule has 0 aromatic carbocycles. The van der Waals surface area contributed by atoms with Crippen LogP contribution in [0, 0.1) is 11.8 Å². The number of carbonyl (C=O) groups excluding carboxylic acids is 2. The van der Waals surface area contributed by atoms with Gasteiger partial charge < -0.3 is 19.3 Å². The molecule has 0 aromatic rings. The predicted molar refractivity (Wildman–Crippen MR) is 99.0 cm³/mol. The Morgan fingerprint density at radius 3 is 2.22 bits per heavy atom. The highest BCUT2D eigenvalue weighted by atomic mass is 16.5. The number of piperidine rings is 2. The van der Waals surface area contributed by atoms with Crippen LogP contribution >= 0.6 is 0 Å². The molecule has 6 heteroatoms. The van der Waals surface area contributed by atoms with Gasteiger partial charge in [-0.25, -0.2) is 0 Å². The van der Waals surface area contributed by atoms with Crippen LogP contribution in [0.4, 0.5) is 0 Å². The highest BCUT2D eigenvalue weighted by Crippen LogP contribution is 2.49. The summed E-state index contributed by atoms with van der Waals surface area (Å²) in [6.45, 7) is 2.90. The Hall–Kier alpha value is -1.14. The first kappa shape index (κ1) is 17.9. The molecule has 0 N–H and O–H groups in total. The molecule has 5 aliphatic rings. The summed E-state index contributed by atoms with van der Waals surface area (Å²) >= 11 is 0. The van der Waals surface area contributed by atoms with Gasteiger partial charge in [-0.15, -0.1) is 0 Å². The molecule has 2 amide bonds. The van der Waals surface area contributed by atoms with E-state index in [4.69, 9.17) is 9.47 Å². The number of ether oxygens (including phenoxy) is 2. The second-order valence-electron chi connectivity index (χ2n) is 9.16. The lowest BCUT2D eigenvalue weighted by Gasteiger charge is -2.39. The fourth-order valence-corrected chi connectivity index (χ4v) is 5.35. The van der Waals surface area contributed by atoms with Crippen molar-refractivity contribution in [1.82, 2.24) is 9.80 Å². The third-order valence-corrected chi connectivity index (χ3v) is 7.41. The topological polar surface area (TPSA) is 59.1 Å². The molecule has 0 aromatic heterocycles. The summed E-state index contributed by atoms with van der Waals surface area (Å²) in [7, 11) is 0. The predicted octanol–water partition coefficient (Wildman–Crippen LogP) is 1.96. The fourth-order valence-electron chi connectivity index (χ4n) is 5.35. The second-order valence-corrected chi connectivity index (χ2v) is 9.16. The minimum atomic E-state index is -0.215. The lowest BCUT2D eigenvalue weighted by Crippen LogP contribution is -2.53. The van der Waals surface area contributed by atoms with Crippen molar-refractivity contribution in [3.05, 3.63) is 0 Å². The van der Waals surface area contributed by atoms with E-state index in [1.165, 1.54) is 19.3 Å². The van der Waals surface area contributed by atoms with Crippen LogP contribution in [-0.2, 0) is 19.1 Å². The largest absolute Gasteiger partial charge is 0.381 e. The van der Waals surface area contributed by atoms with Crippen molar-refractivity contribution in [1.29, 1.82) is 0 Å². The lowest BCUT2D eigenvalue weighted by molar-refractivity contribution is -0.151. The molecule has 2 aliphatic carbocycles. The first-order valence-corrected chi connectivity index (χ1v) is 11.0. The van der Waals surface area contributed by atoms with Gasteiger partial charge in [0.15, 0.2) is 0 Å². The van der Waals surface area contributed by atoms with Gasteiger partial charge in [0, 0.05) is 38.3 Å². The molecule has 0 bridgehead atoms. The van der Waals surface area contributed by atoms with Gasteiger partial charge in [-0.3, -0.25) is 9.59 Å². The first-order chi connectivity index (χ1) is 13.2. The number of carbonyl (C=O) groups is 2. The van der Waals surface area contributed by atoms with Crippen molar-refractivity contribution < 1.29 is 19.1 Å². The number of fused-ring (bicyclic) bond motifs is 1. The molecule has 6 nitrogen and oxygen atoms in total. The zero-order valence-corrected chi connectivity index (χ0v) is 16.2. The molecule has 3 saturated heterocycles. The first-order valence-electron chi connectivity index (χ1n) is 11.0. The van der Waals surface area contributed by atoms with Gasteiger partial charge in [0.05, 0.1) is 12.2 Å². The van der Waals surface area contributed by atoms with E-state index in [0.717, 1.165) is 51.6 Å². The summed E-state index contributed by atoms with van der Waals surface area (Å²) in [5.74, 6) is 1.01. The summed E-state index contributed by atoms with van der Waals surface area (Å²) in [5.41, 5.74) is 0. The maximum atomic E-state index is 13.2. The summed E-state index contributed by atoms with van der Waals surface area (Å²) in [6, 6.07) is 0.113. The number of likely N-dealkylation sites (tertiary alicyclic amines) is 2. The number of hydrogen-bond acceptors (Lipinski definition) is 4. The van der Waals surface area contributed by atoms with Crippen molar-refractivity contribution in [3.8, 4) is 0 Å². The van der Waals surface area contributed by atoms with Crippen LogP contribution in [-0.4, -0.2) is 72.2 Å². The van der Waals surface area contributed by atoms with Crippen molar-refractivity contribution in [2.45, 2.75) is 82.1 Å². The van der Waals surface area contributed by atoms with Crippen LogP contribution in [0.3, 0.4) is 0 Å². The Morgan fingerprint density at radius 2 is 1.56 bits per heavy atom. The Kier molecular flexibility index (Phi) is 4.88. The van der Waals surface area contributed by atoms with Crippen molar-refractivity contribution in [2.75, 3.05) is 26.3 Å². The van der Waals surface area contributed by atoms with Crippen LogP contribution in [0.2, 0.25) is 0 Å². The standard InChI is InChI=1S/C21H32N2O4/c24-20(14-6-10-26-11-7-14)23-18-12-15(18)13-19(23)21(25)22-8-4-17(5-9-22)27-16-2-1-3-16/h14-19H,1-13H2/t15-,18-,19-/m0/s1. The van der Waals surface area contributed by atoms with E-state index in [1.54, 1.807) is 0 Å². The van der Waals surface area contributed by atoms with E-state index in [1.807, 2.05) is 9.80 Å². The quantitative estimate of drug-likeness (QED) is 0.753. The highest BCUT2D eigenvalue weighted by Gasteiger charge is 2.57. The number of hydrogen-bond donors (Lipinski definition) is 0. The molecule has 3 heterocycles. The van der Waals surface area contributed by atoms with Crippen LogP contribution in [0.1, 0.15) is 57.8 Å². The third-order valence-electron chi connectivity index (χ3n) is 7.41. The van der Waals surface area contributed by atoms with Crippen LogP contribution in [0.15, 0.2) is 0 Å². The average Bonchev–Trinajstić information content (AvgIpc) is 3.35. The molecule has 5 rings (SSSR count). The molecule has 27 heavy (non-hydrogen) atoms. The SMILES string of the molecule is O=C([C@@H]1C[C@@H]2C[C@@H]2N1C(=O)C1CCOCC1)N1CCC(OC2CCC2)CC1. The molecule has 150 valence electrons. The van der Waals surface area contributed by atoms with Crippen LogP contribution in [0.25, 0.3) is 0 Å². The van der Waals surface area contributed by atoms with Gasteiger partial charge in [-0.2, -0.15) is 0 Å². The van der Waals surface area contributed by atoms with Gasteiger partial charge in [0.2, 0.25) is 11.8 Å². The van der Waals surface area contributed by atoms with Crippen LogP contribution < -0.4 is 0 Å². The second kappa shape index (κ2) is 7.36. The van der Waals surface area contributed by atoms with E-state index >= 15 is 0 Å². The lowest BCUT2D eigenvalue weighted by atomic mass is 9.95. The summed E-state index contributed by atoms with van der Waals surface area (Å²) in [6.07, 6.45) is 9.93. The normalized spacial score (nSPS) is 35.0. The van der Waals surface area contributed by atoms with Crippen LogP contribution in [0.5, 0.6) is 0 Å². The number of nitrogens with zero attached hydrogens (tertiary/aromatic N) is 2. The number of rotatable bonds is 4. The minimum Gasteiger partial charge on any atom is -0.381 e. The van der Waals surface area contributed by atoms with Crippen molar-refractivity contribution in [2.24, 2.45) is 11.8 Å². The van der Waals surface area contributed by atoms with Gasteiger partial charge in [-0.1, -0.05) is 0 Å². The maximum Gasteiger partial charge on any atom is 0.245 e. The van der Waals surface area contributed by atoms with Crippen molar-refractivity contribution in [3.63, 3.8) is 0 Å². The fraction of sp³-hybridized carbons (Fsp3) is 0.905. The molecule has 0 radical (unpaired) electrons. The Bertz CT molecular complexity index is 579. The maximum absolute atomic E-state index is 13.2. The molecule has 2 saturated carbocycles. The average molecular weight is 376 g/mol. The van der Waals surface area contributed by atoms with Gasteiger partial charge in [-0.05, 0) is 63.7 Å². The van der Waals surface area contributed by atoms with E-state index in [-0.39, 0.29) is 23.8 Å². The van der Waals surface area contributed by atoms with Gasteiger partial charge >= 0.3 is 0 Å². The highest BCUT2D eigenvalue weighted by molar-refractivity contribution is 5.90. The molecular formula is C21H32N2O4. The van der Waals surface area contributed by atoms with E-state index in [0.29, 0.717) is 37.4 Å². The van der Waals surface area contributed by atoms with Gasteiger partial charge in [0.25, 0.3) is 0 Å². The Balaban J connectivity index is 1.18. The summed E-state index contributed by atoms with van der Waals surface area (Å²) in [5, 5.41) is 0. The number of amides is 2. The van der Waals surface area contributed by atoms with E-state index in [2.05, 4.69) is 0 Å². The molecular weight excluding hydrogens is 344 g/mol. The van der Waals surface area contributed by atoms with Crippen molar-refractivity contribution >= 4 is 11.8 Å². The van der Waals surface area contributed by atoms with E-state index < -0.39 is 0 Å². The van der Waals surface area contributed by atoms with E-state index in [9.17, 15) is 9.59 Å².